The molecule has 0 aliphatic carbocycles. The van der Waals surface area contributed by atoms with Gasteiger partial charge in [0.1, 0.15) is 11.1 Å². The standard InChI is InChI=1S/C11H8BrN3S/c12-9-2-1-3-10(8(9)6-13)15-7-11-14-4-5-16-11/h1-5,15H,7H2. The van der Waals surface area contributed by atoms with Crippen molar-refractivity contribution in [2.75, 3.05) is 5.32 Å². The van der Waals surface area contributed by atoms with Gasteiger partial charge in [-0.1, -0.05) is 6.07 Å². The second-order valence-corrected chi connectivity index (χ2v) is 4.89. The fourth-order valence-corrected chi connectivity index (χ4v) is 2.31. The Morgan fingerprint density at radius 3 is 3.06 bits per heavy atom. The summed E-state index contributed by atoms with van der Waals surface area (Å²) in [7, 11) is 0. The van der Waals surface area contributed by atoms with Crippen molar-refractivity contribution in [3.63, 3.8) is 0 Å². The van der Waals surface area contributed by atoms with Crippen molar-refractivity contribution in [3.8, 4) is 6.07 Å². The van der Waals surface area contributed by atoms with Crippen molar-refractivity contribution in [2.45, 2.75) is 6.54 Å². The average molecular weight is 294 g/mol. The van der Waals surface area contributed by atoms with E-state index in [-0.39, 0.29) is 0 Å². The van der Waals surface area contributed by atoms with E-state index >= 15 is 0 Å². The van der Waals surface area contributed by atoms with Crippen LogP contribution in [0.15, 0.2) is 34.2 Å². The number of hydrogen-bond donors (Lipinski definition) is 1. The Kier molecular flexibility index (Phi) is 3.54. The SMILES string of the molecule is N#Cc1c(Br)cccc1NCc1nccs1. The molecule has 2 rings (SSSR count). The van der Waals surface area contributed by atoms with E-state index in [4.69, 9.17) is 5.26 Å². The quantitative estimate of drug-likeness (QED) is 0.944. The minimum atomic E-state index is 0.624. The minimum Gasteiger partial charge on any atom is -0.377 e. The highest BCUT2D eigenvalue weighted by molar-refractivity contribution is 9.10. The Bertz CT molecular complexity index is 517. The molecule has 1 heterocycles. The van der Waals surface area contributed by atoms with Crippen molar-refractivity contribution >= 4 is 33.0 Å². The summed E-state index contributed by atoms with van der Waals surface area (Å²) < 4.78 is 0.805. The molecule has 3 nitrogen and oxygen atoms in total. The van der Waals surface area contributed by atoms with Gasteiger partial charge in [-0.15, -0.1) is 11.3 Å². The zero-order valence-corrected chi connectivity index (χ0v) is 10.7. The summed E-state index contributed by atoms with van der Waals surface area (Å²) in [6, 6.07) is 7.81. The fourth-order valence-electron chi connectivity index (χ4n) is 1.30. The molecule has 0 saturated carbocycles. The fraction of sp³-hybridized carbons (Fsp3) is 0.0909. The van der Waals surface area contributed by atoms with Crippen LogP contribution in [0.3, 0.4) is 0 Å². The first kappa shape index (κ1) is 11.1. The van der Waals surface area contributed by atoms with Crippen molar-refractivity contribution in [1.82, 2.24) is 4.98 Å². The van der Waals surface area contributed by atoms with E-state index in [0.29, 0.717) is 12.1 Å². The summed E-state index contributed by atoms with van der Waals surface area (Å²) >= 11 is 4.94. The van der Waals surface area contributed by atoms with Gasteiger partial charge in [0.2, 0.25) is 0 Å². The van der Waals surface area contributed by atoms with E-state index in [1.807, 2.05) is 23.6 Å². The van der Waals surface area contributed by atoms with Crippen LogP contribution < -0.4 is 5.32 Å². The number of hydrogen-bond acceptors (Lipinski definition) is 4. The first-order valence-electron chi connectivity index (χ1n) is 4.62. The lowest BCUT2D eigenvalue weighted by atomic mass is 10.2. The van der Waals surface area contributed by atoms with Crippen LogP contribution in [0.5, 0.6) is 0 Å². The Morgan fingerprint density at radius 1 is 1.50 bits per heavy atom. The number of nitriles is 1. The van der Waals surface area contributed by atoms with Crippen molar-refractivity contribution < 1.29 is 0 Å². The third kappa shape index (κ3) is 2.40. The number of nitrogens with one attached hydrogen (secondary N) is 1. The van der Waals surface area contributed by atoms with Crippen molar-refractivity contribution in [2.24, 2.45) is 0 Å². The van der Waals surface area contributed by atoms with Gasteiger partial charge in [0.25, 0.3) is 0 Å². The lowest BCUT2D eigenvalue weighted by Gasteiger charge is -2.07. The third-order valence-electron chi connectivity index (χ3n) is 2.04. The van der Waals surface area contributed by atoms with Gasteiger partial charge in [0.15, 0.2) is 0 Å². The largest absolute Gasteiger partial charge is 0.377 e. The first-order chi connectivity index (χ1) is 7.81. The van der Waals surface area contributed by atoms with Gasteiger partial charge in [-0.2, -0.15) is 5.26 Å². The molecule has 16 heavy (non-hydrogen) atoms. The molecular formula is C11H8BrN3S. The van der Waals surface area contributed by atoms with Gasteiger partial charge < -0.3 is 5.32 Å². The Balaban J connectivity index is 2.16. The van der Waals surface area contributed by atoms with E-state index in [9.17, 15) is 0 Å². The van der Waals surface area contributed by atoms with Crippen LogP contribution in [0.1, 0.15) is 10.6 Å². The Labute approximate surface area is 106 Å². The minimum absolute atomic E-state index is 0.624. The van der Waals surface area contributed by atoms with Crippen LogP contribution in [0.2, 0.25) is 0 Å². The van der Waals surface area contributed by atoms with Crippen molar-refractivity contribution in [3.05, 3.63) is 44.8 Å². The Morgan fingerprint density at radius 2 is 2.38 bits per heavy atom. The van der Waals surface area contributed by atoms with E-state index < -0.39 is 0 Å². The molecule has 0 aliphatic rings. The van der Waals surface area contributed by atoms with Crippen LogP contribution in [0.4, 0.5) is 5.69 Å². The molecule has 0 saturated heterocycles. The number of benzene rings is 1. The summed E-state index contributed by atoms with van der Waals surface area (Å²) in [5.74, 6) is 0. The zero-order chi connectivity index (χ0) is 11.4. The summed E-state index contributed by atoms with van der Waals surface area (Å²) in [6.45, 7) is 0.642. The number of anilines is 1. The summed E-state index contributed by atoms with van der Waals surface area (Å²) in [5, 5.41) is 15.2. The van der Waals surface area contributed by atoms with Gasteiger partial charge >= 0.3 is 0 Å². The van der Waals surface area contributed by atoms with Crippen LogP contribution in [0.25, 0.3) is 0 Å². The van der Waals surface area contributed by atoms with Crippen LogP contribution in [-0.2, 0) is 6.54 Å². The third-order valence-corrected chi connectivity index (χ3v) is 3.48. The van der Waals surface area contributed by atoms with E-state index in [1.54, 1.807) is 17.5 Å². The number of aromatic nitrogens is 1. The van der Waals surface area contributed by atoms with Gasteiger partial charge in [0, 0.05) is 16.0 Å². The van der Waals surface area contributed by atoms with Crippen LogP contribution >= 0.6 is 27.3 Å². The summed E-state index contributed by atoms with van der Waals surface area (Å²) in [6.07, 6.45) is 1.77. The normalized spacial score (nSPS) is 9.75. The van der Waals surface area contributed by atoms with Crippen molar-refractivity contribution in [1.29, 1.82) is 5.26 Å². The van der Waals surface area contributed by atoms with E-state index in [1.165, 1.54) is 0 Å². The maximum absolute atomic E-state index is 9.02. The summed E-state index contributed by atoms with van der Waals surface area (Å²) in [4.78, 5) is 4.17. The molecule has 1 aromatic carbocycles. The lowest BCUT2D eigenvalue weighted by molar-refractivity contribution is 1.10. The number of halogens is 1. The molecule has 0 bridgehead atoms. The van der Waals surface area contributed by atoms with Gasteiger partial charge in [0.05, 0.1) is 17.8 Å². The molecule has 2 aromatic rings. The molecule has 0 radical (unpaired) electrons. The van der Waals surface area contributed by atoms with Gasteiger partial charge in [-0.3, -0.25) is 0 Å². The van der Waals surface area contributed by atoms with Gasteiger partial charge in [-0.05, 0) is 28.1 Å². The zero-order valence-electron chi connectivity index (χ0n) is 8.27. The van der Waals surface area contributed by atoms with Crippen LogP contribution in [0, 0.1) is 11.3 Å². The number of rotatable bonds is 3. The van der Waals surface area contributed by atoms with E-state index in [0.717, 1.165) is 15.2 Å². The molecule has 0 spiro atoms. The molecule has 0 amide bonds. The molecule has 1 N–H and O–H groups in total. The highest BCUT2D eigenvalue weighted by Crippen LogP contribution is 2.24. The highest BCUT2D eigenvalue weighted by atomic mass is 79.9. The lowest BCUT2D eigenvalue weighted by Crippen LogP contribution is -2.01. The first-order valence-corrected chi connectivity index (χ1v) is 6.29. The smallest absolute Gasteiger partial charge is 0.112 e. The molecule has 0 fully saturated rings. The van der Waals surface area contributed by atoms with E-state index in [2.05, 4.69) is 32.3 Å². The molecule has 80 valence electrons. The molecule has 0 aliphatic heterocycles. The molecule has 0 atom stereocenters. The molecule has 5 heteroatoms. The molecular weight excluding hydrogens is 286 g/mol. The van der Waals surface area contributed by atoms with Crippen LogP contribution in [-0.4, -0.2) is 4.98 Å². The number of nitrogens with zero attached hydrogens (tertiary/aromatic N) is 2. The molecule has 1 aromatic heterocycles. The maximum atomic E-state index is 9.02. The Hall–Kier alpha value is -1.38. The maximum Gasteiger partial charge on any atom is 0.112 e. The summed E-state index contributed by atoms with van der Waals surface area (Å²) in [5.41, 5.74) is 1.45. The highest BCUT2D eigenvalue weighted by Gasteiger charge is 2.05. The topological polar surface area (TPSA) is 48.7 Å². The average Bonchev–Trinajstić information content (AvgIpc) is 2.79. The second kappa shape index (κ2) is 5.10. The van der Waals surface area contributed by atoms with Gasteiger partial charge in [-0.25, -0.2) is 4.98 Å². The predicted molar refractivity (Wildman–Crippen MR) is 68.3 cm³/mol. The molecule has 0 unspecified atom stereocenters. The second-order valence-electron chi connectivity index (χ2n) is 3.05. The number of thiazole rings is 1. The predicted octanol–water partition coefficient (Wildman–Crippen LogP) is 3.39. The monoisotopic (exact) mass is 293 g/mol.